The van der Waals surface area contributed by atoms with Crippen LogP contribution in [0.15, 0.2) is 83.4 Å². The molecular formula is C25H18N4O. The second kappa shape index (κ2) is 5.60. The van der Waals surface area contributed by atoms with Gasteiger partial charge in [-0.15, -0.1) is 0 Å². The molecule has 30 heavy (non-hydrogen) atoms. The van der Waals surface area contributed by atoms with Crippen LogP contribution in [0.5, 0.6) is 5.75 Å². The van der Waals surface area contributed by atoms with E-state index in [9.17, 15) is 0 Å². The normalized spacial score (nSPS) is 19.8. The number of fused-ring (bicyclic) bond motifs is 8. The molecule has 0 fully saturated rings. The molecule has 2 unspecified atom stereocenters. The number of ether oxygens (including phenoxy) is 1. The molecule has 0 saturated heterocycles. The van der Waals surface area contributed by atoms with Gasteiger partial charge in [0.2, 0.25) is 5.78 Å². The summed E-state index contributed by atoms with van der Waals surface area (Å²) in [5.41, 5.74) is 7.68. The van der Waals surface area contributed by atoms with Crippen LogP contribution in [-0.4, -0.2) is 26.4 Å². The molecule has 0 radical (unpaired) electrons. The number of rotatable bonds is 1. The summed E-state index contributed by atoms with van der Waals surface area (Å²) < 4.78 is 10.8. The highest BCUT2D eigenvalue weighted by atomic mass is 16.5. The third-order valence-corrected chi connectivity index (χ3v) is 6.14. The lowest BCUT2D eigenvalue weighted by Crippen LogP contribution is -2.18. The Kier molecular flexibility index (Phi) is 2.99. The Bertz CT molecular complexity index is 1550. The minimum absolute atomic E-state index is 0.154. The van der Waals surface area contributed by atoms with E-state index in [-0.39, 0.29) is 12.1 Å². The van der Waals surface area contributed by atoms with Crippen LogP contribution >= 0.6 is 0 Å². The number of aliphatic imine (C=N–C) groups is 1. The Hall–Kier alpha value is -3.86. The van der Waals surface area contributed by atoms with Crippen LogP contribution in [-0.2, 0) is 0 Å². The second-order valence-corrected chi connectivity index (χ2v) is 7.98. The highest BCUT2D eigenvalue weighted by molar-refractivity contribution is 5.92. The van der Waals surface area contributed by atoms with Gasteiger partial charge in [-0.1, -0.05) is 42.5 Å². The molecule has 7 rings (SSSR count). The van der Waals surface area contributed by atoms with E-state index in [1.165, 1.54) is 11.1 Å². The fourth-order valence-corrected chi connectivity index (χ4v) is 4.86. The first-order valence-corrected chi connectivity index (χ1v) is 10.2. The first-order valence-electron chi connectivity index (χ1n) is 10.2. The molecule has 0 saturated carbocycles. The molecule has 144 valence electrons. The maximum absolute atomic E-state index is 6.39. The van der Waals surface area contributed by atoms with E-state index in [2.05, 4.69) is 87.6 Å². The van der Waals surface area contributed by atoms with Gasteiger partial charge in [0.15, 0.2) is 12.0 Å². The molecule has 2 aliphatic heterocycles. The maximum atomic E-state index is 6.39. The number of benzene rings is 3. The van der Waals surface area contributed by atoms with Gasteiger partial charge in [0.1, 0.15) is 0 Å². The number of dihydropyridines is 1. The first-order chi connectivity index (χ1) is 14.8. The van der Waals surface area contributed by atoms with E-state index in [1.54, 1.807) is 0 Å². The van der Waals surface area contributed by atoms with Crippen molar-refractivity contribution in [3.05, 3.63) is 83.9 Å². The minimum atomic E-state index is -0.193. The second-order valence-electron chi connectivity index (χ2n) is 7.98. The first kappa shape index (κ1) is 16.0. The van der Waals surface area contributed by atoms with Crippen molar-refractivity contribution in [1.29, 1.82) is 0 Å². The molecule has 2 aliphatic rings. The lowest BCUT2D eigenvalue weighted by atomic mass is 9.95. The molecule has 5 aromatic rings. The van der Waals surface area contributed by atoms with Gasteiger partial charge in [-0.05, 0) is 42.8 Å². The van der Waals surface area contributed by atoms with E-state index in [4.69, 9.17) is 9.72 Å². The van der Waals surface area contributed by atoms with E-state index >= 15 is 0 Å². The number of imidazole rings is 2. The Morgan fingerprint density at radius 2 is 1.67 bits per heavy atom. The van der Waals surface area contributed by atoms with E-state index in [1.807, 2.05) is 12.3 Å². The molecule has 4 heterocycles. The van der Waals surface area contributed by atoms with E-state index in [0.29, 0.717) is 0 Å². The van der Waals surface area contributed by atoms with Crippen molar-refractivity contribution >= 4 is 34.1 Å². The summed E-state index contributed by atoms with van der Waals surface area (Å²) in [5.74, 6) is 1.94. The van der Waals surface area contributed by atoms with E-state index < -0.39 is 0 Å². The van der Waals surface area contributed by atoms with Crippen molar-refractivity contribution in [3.8, 4) is 11.4 Å². The average Bonchev–Trinajstić information content (AvgIpc) is 3.42. The van der Waals surface area contributed by atoms with Crippen LogP contribution in [0.3, 0.4) is 0 Å². The maximum Gasteiger partial charge on any atom is 0.220 e. The Morgan fingerprint density at radius 1 is 0.867 bits per heavy atom. The molecule has 0 N–H and O–H groups in total. The number of para-hydroxylation sites is 5. The number of nitrogens with zero attached hydrogens (tertiary/aromatic N) is 4. The molecule has 0 spiro atoms. The van der Waals surface area contributed by atoms with Crippen LogP contribution in [0.1, 0.15) is 18.4 Å². The third-order valence-electron chi connectivity index (χ3n) is 6.14. The molecule has 0 bridgehead atoms. The van der Waals surface area contributed by atoms with Gasteiger partial charge in [0.05, 0.1) is 33.7 Å². The third kappa shape index (κ3) is 1.96. The standard InChI is InChI=1S/C25H18N4O/c1-15-13-17-16-7-6-12-22(23(16)30-24(17)26-14-15)29-21-11-5-4-10-20(21)28-19-9-3-2-8-18(19)27-25(28)29/h2-14,17,24H,1H3. The lowest BCUT2D eigenvalue weighted by molar-refractivity contribution is 0.229. The monoisotopic (exact) mass is 390 g/mol. The van der Waals surface area contributed by atoms with E-state index in [0.717, 1.165) is 39.3 Å². The van der Waals surface area contributed by atoms with Gasteiger partial charge in [0.25, 0.3) is 0 Å². The van der Waals surface area contributed by atoms with Gasteiger partial charge >= 0.3 is 0 Å². The van der Waals surface area contributed by atoms with Crippen LogP contribution in [0.4, 0.5) is 0 Å². The number of allylic oxidation sites excluding steroid dienone is 1. The number of hydrogen-bond donors (Lipinski definition) is 0. The smallest absolute Gasteiger partial charge is 0.220 e. The van der Waals surface area contributed by atoms with Crippen molar-refractivity contribution in [2.45, 2.75) is 19.1 Å². The zero-order chi connectivity index (χ0) is 19.8. The molecule has 0 aliphatic carbocycles. The minimum Gasteiger partial charge on any atom is -0.465 e. The highest BCUT2D eigenvalue weighted by Crippen LogP contribution is 2.46. The van der Waals surface area contributed by atoms with Gasteiger partial charge < -0.3 is 4.74 Å². The zero-order valence-electron chi connectivity index (χ0n) is 16.4. The number of aromatic nitrogens is 3. The van der Waals surface area contributed by atoms with Crippen molar-refractivity contribution in [2.24, 2.45) is 4.99 Å². The Balaban J connectivity index is 1.58. The van der Waals surface area contributed by atoms with Crippen molar-refractivity contribution in [1.82, 2.24) is 14.0 Å². The van der Waals surface area contributed by atoms with Gasteiger partial charge in [-0.3, -0.25) is 8.97 Å². The topological polar surface area (TPSA) is 43.8 Å². The van der Waals surface area contributed by atoms with Gasteiger partial charge in [-0.25, -0.2) is 9.98 Å². The largest absolute Gasteiger partial charge is 0.465 e. The van der Waals surface area contributed by atoms with Gasteiger partial charge in [-0.2, -0.15) is 0 Å². The molecule has 0 amide bonds. The summed E-state index contributed by atoms with van der Waals surface area (Å²) in [6.45, 7) is 2.08. The Labute approximate surface area is 172 Å². The van der Waals surface area contributed by atoms with Crippen LogP contribution in [0.25, 0.3) is 33.5 Å². The fourth-order valence-electron chi connectivity index (χ4n) is 4.86. The Morgan fingerprint density at radius 3 is 2.57 bits per heavy atom. The lowest BCUT2D eigenvalue weighted by Gasteiger charge is -2.15. The average molecular weight is 390 g/mol. The molecular weight excluding hydrogens is 372 g/mol. The highest BCUT2D eigenvalue weighted by Gasteiger charge is 2.36. The predicted molar refractivity (Wildman–Crippen MR) is 119 cm³/mol. The molecule has 5 heteroatoms. The van der Waals surface area contributed by atoms with Crippen LogP contribution in [0, 0.1) is 0 Å². The van der Waals surface area contributed by atoms with Crippen molar-refractivity contribution < 1.29 is 4.74 Å². The van der Waals surface area contributed by atoms with Crippen LogP contribution in [0.2, 0.25) is 0 Å². The SMILES string of the molecule is CC1=CC2c3cccc(-n4c5ccccc5n5c6ccccc6nc45)c3OC2N=C1. The molecule has 2 aromatic heterocycles. The summed E-state index contributed by atoms with van der Waals surface area (Å²) in [4.78, 5) is 9.61. The van der Waals surface area contributed by atoms with Crippen LogP contribution < -0.4 is 4.74 Å². The molecule has 2 atom stereocenters. The summed E-state index contributed by atoms with van der Waals surface area (Å²) in [6.07, 6.45) is 3.96. The molecule has 3 aromatic carbocycles. The molecule has 5 nitrogen and oxygen atoms in total. The predicted octanol–water partition coefficient (Wildman–Crippen LogP) is 5.26. The zero-order valence-corrected chi connectivity index (χ0v) is 16.4. The summed E-state index contributed by atoms with van der Waals surface area (Å²) >= 11 is 0. The quantitative estimate of drug-likeness (QED) is 0.392. The van der Waals surface area contributed by atoms with Gasteiger partial charge in [0, 0.05) is 11.8 Å². The fraction of sp³-hybridized carbons (Fsp3) is 0.120. The summed E-state index contributed by atoms with van der Waals surface area (Å²) in [6, 6.07) is 23.1. The number of hydrogen-bond acceptors (Lipinski definition) is 3. The van der Waals surface area contributed by atoms with Crippen molar-refractivity contribution in [3.63, 3.8) is 0 Å². The van der Waals surface area contributed by atoms with Crippen molar-refractivity contribution in [2.75, 3.05) is 0 Å². The summed E-state index contributed by atoms with van der Waals surface area (Å²) in [7, 11) is 0. The summed E-state index contributed by atoms with van der Waals surface area (Å²) in [5, 5.41) is 0.